The van der Waals surface area contributed by atoms with E-state index in [2.05, 4.69) is 5.32 Å². The first-order valence-corrected chi connectivity index (χ1v) is 6.08. The summed E-state index contributed by atoms with van der Waals surface area (Å²) < 4.78 is 0. The summed E-state index contributed by atoms with van der Waals surface area (Å²) in [5.74, 6) is -0.782. The fraction of sp³-hybridized carbons (Fsp3) is 0.909. The third-order valence-electron chi connectivity index (χ3n) is 2.52. The lowest BCUT2D eigenvalue weighted by Gasteiger charge is -2.13. The summed E-state index contributed by atoms with van der Waals surface area (Å²) in [4.78, 5) is 10.9. The molecule has 0 saturated carbocycles. The van der Waals surface area contributed by atoms with Gasteiger partial charge in [-0.05, 0) is 45.3 Å². The fourth-order valence-electron chi connectivity index (χ4n) is 1.53. The Morgan fingerprint density at radius 2 is 1.47 bits per heavy atom. The predicted octanol–water partition coefficient (Wildman–Crippen LogP) is 1.55. The molecule has 0 heterocycles. The van der Waals surface area contributed by atoms with Gasteiger partial charge in [-0.2, -0.15) is 0 Å². The molecule has 0 amide bonds. The highest BCUT2D eigenvalue weighted by atomic mass is 35.5. The van der Waals surface area contributed by atoms with Crippen molar-refractivity contribution in [1.29, 1.82) is 0 Å². The van der Waals surface area contributed by atoms with Gasteiger partial charge >= 0.3 is 5.97 Å². The maximum Gasteiger partial charge on any atom is 0.320 e. The van der Waals surface area contributed by atoms with Crippen LogP contribution >= 0.6 is 37.2 Å². The number of carboxylic acid groups (broad SMARTS) is 1. The van der Waals surface area contributed by atoms with Crippen molar-refractivity contribution in [2.45, 2.75) is 44.6 Å². The minimum Gasteiger partial charge on any atom is -0.480 e. The van der Waals surface area contributed by atoms with E-state index in [1.54, 1.807) is 0 Å². The molecule has 0 aromatic rings. The molecule has 0 bridgehead atoms. The van der Waals surface area contributed by atoms with E-state index < -0.39 is 12.0 Å². The van der Waals surface area contributed by atoms with E-state index >= 15 is 0 Å². The van der Waals surface area contributed by atoms with Crippen molar-refractivity contribution in [3.8, 4) is 0 Å². The molecular formula is C11H28Cl3N3O2. The zero-order chi connectivity index (χ0) is 12.2. The van der Waals surface area contributed by atoms with Crippen molar-refractivity contribution >= 4 is 43.2 Å². The number of hydrogen-bond donors (Lipinski definition) is 4. The molecule has 0 spiro atoms. The Balaban J connectivity index is -0.000000375. The first-order chi connectivity index (χ1) is 7.72. The standard InChI is InChI=1S/C11H25N3O2.3ClH/c12-7-3-1-2-4-9-14-10(11(15)16)6-5-8-13;;;/h10,14H,1-9,12-13H2,(H,15,16);3*1H/t10-;;;/m0.../s1. The van der Waals surface area contributed by atoms with Crippen LogP contribution in [0.1, 0.15) is 38.5 Å². The third-order valence-corrected chi connectivity index (χ3v) is 2.52. The molecule has 0 fully saturated rings. The van der Waals surface area contributed by atoms with E-state index in [1.807, 2.05) is 0 Å². The van der Waals surface area contributed by atoms with Gasteiger partial charge in [-0.3, -0.25) is 4.79 Å². The summed E-state index contributed by atoms with van der Waals surface area (Å²) in [6.07, 6.45) is 5.64. The molecule has 5 nitrogen and oxygen atoms in total. The van der Waals surface area contributed by atoms with Crippen molar-refractivity contribution in [2.75, 3.05) is 19.6 Å². The number of carboxylic acids is 1. The quantitative estimate of drug-likeness (QED) is 0.427. The molecule has 0 aromatic carbocycles. The van der Waals surface area contributed by atoms with Gasteiger partial charge in [0, 0.05) is 0 Å². The Bertz CT molecular complexity index is 189. The zero-order valence-electron chi connectivity index (χ0n) is 11.2. The van der Waals surface area contributed by atoms with E-state index in [1.165, 1.54) is 0 Å². The topological polar surface area (TPSA) is 101 Å². The Labute approximate surface area is 134 Å². The van der Waals surface area contributed by atoms with Crippen molar-refractivity contribution in [2.24, 2.45) is 11.5 Å². The number of nitrogens with one attached hydrogen (secondary N) is 1. The zero-order valence-corrected chi connectivity index (χ0v) is 13.6. The predicted molar refractivity (Wildman–Crippen MR) is 87.0 cm³/mol. The first-order valence-electron chi connectivity index (χ1n) is 6.08. The van der Waals surface area contributed by atoms with Gasteiger partial charge in [0.25, 0.3) is 0 Å². The Kier molecular flexibility index (Phi) is 29.8. The van der Waals surface area contributed by atoms with Crippen LogP contribution in [0.5, 0.6) is 0 Å². The molecule has 1 atom stereocenters. The highest BCUT2D eigenvalue weighted by Gasteiger charge is 2.14. The number of halogens is 3. The molecule has 19 heavy (non-hydrogen) atoms. The molecule has 120 valence electrons. The van der Waals surface area contributed by atoms with Crippen LogP contribution in [0.25, 0.3) is 0 Å². The maximum absolute atomic E-state index is 10.9. The number of rotatable bonds is 11. The van der Waals surface area contributed by atoms with Crippen LogP contribution in [0.15, 0.2) is 0 Å². The van der Waals surface area contributed by atoms with Gasteiger partial charge in [-0.1, -0.05) is 12.8 Å². The summed E-state index contributed by atoms with van der Waals surface area (Å²) in [7, 11) is 0. The number of unbranched alkanes of at least 4 members (excludes halogenated alkanes) is 3. The molecule has 0 aliphatic carbocycles. The number of carbonyl (C=O) groups is 1. The van der Waals surface area contributed by atoms with E-state index in [9.17, 15) is 4.79 Å². The minimum absolute atomic E-state index is 0. The maximum atomic E-state index is 10.9. The molecule has 0 aliphatic rings. The lowest BCUT2D eigenvalue weighted by atomic mass is 10.1. The highest BCUT2D eigenvalue weighted by Crippen LogP contribution is 2.00. The summed E-state index contributed by atoms with van der Waals surface area (Å²) >= 11 is 0. The van der Waals surface area contributed by atoms with Crippen LogP contribution in [0, 0.1) is 0 Å². The first kappa shape index (κ1) is 27.5. The molecular weight excluding hydrogens is 312 g/mol. The van der Waals surface area contributed by atoms with Crippen LogP contribution in [0.3, 0.4) is 0 Å². The molecule has 0 rings (SSSR count). The number of aliphatic carboxylic acids is 1. The monoisotopic (exact) mass is 339 g/mol. The lowest BCUT2D eigenvalue weighted by molar-refractivity contribution is -0.139. The average Bonchev–Trinajstić information content (AvgIpc) is 2.26. The smallest absolute Gasteiger partial charge is 0.320 e. The van der Waals surface area contributed by atoms with Crippen molar-refractivity contribution < 1.29 is 9.90 Å². The molecule has 0 radical (unpaired) electrons. The number of nitrogens with two attached hydrogens (primary N) is 2. The summed E-state index contributed by atoms with van der Waals surface area (Å²) in [6, 6.07) is -0.446. The lowest BCUT2D eigenvalue weighted by Crippen LogP contribution is -2.37. The van der Waals surface area contributed by atoms with Gasteiger partial charge in [-0.25, -0.2) is 0 Å². The van der Waals surface area contributed by atoms with Gasteiger partial charge in [0.05, 0.1) is 0 Å². The van der Waals surface area contributed by atoms with Crippen LogP contribution in [-0.2, 0) is 4.79 Å². The second-order valence-electron chi connectivity index (χ2n) is 3.98. The van der Waals surface area contributed by atoms with Crippen molar-refractivity contribution in [1.82, 2.24) is 5.32 Å². The summed E-state index contributed by atoms with van der Waals surface area (Å²) in [5, 5.41) is 12.0. The molecule has 0 aromatic heterocycles. The molecule has 8 heteroatoms. The van der Waals surface area contributed by atoms with Gasteiger partial charge in [-0.15, -0.1) is 37.2 Å². The van der Waals surface area contributed by atoms with Crippen molar-refractivity contribution in [3.05, 3.63) is 0 Å². The van der Waals surface area contributed by atoms with E-state index in [0.717, 1.165) is 45.2 Å². The van der Waals surface area contributed by atoms with E-state index in [0.29, 0.717) is 13.0 Å². The van der Waals surface area contributed by atoms with Crippen molar-refractivity contribution in [3.63, 3.8) is 0 Å². The van der Waals surface area contributed by atoms with Gasteiger partial charge < -0.3 is 21.9 Å². The second kappa shape index (κ2) is 20.5. The Hall–Kier alpha value is 0.220. The molecule has 6 N–H and O–H groups in total. The third kappa shape index (κ3) is 18.2. The summed E-state index contributed by atoms with van der Waals surface area (Å²) in [6.45, 7) is 2.04. The highest BCUT2D eigenvalue weighted by molar-refractivity contribution is 5.86. The van der Waals surface area contributed by atoms with Crippen LogP contribution in [0.2, 0.25) is 0 Å². The summed E-state index contributed by atoms with van der Waals surface area (Å²) in [5.41, 5.74) is 10.7. The number of hydrogen-bond acceptors (Lipinski definition) is 4. The molecule has 0 unspecified atom stereocenters. The fourth-order valence-corrected chi connectivity index (χ4v) is 1.53. The Morgan fingerprint density at radius 3 is 1.95 bits per heavy atom. The Morgan fingerprint density at radius 1 is 0.947 bits per heavy atom. The second-order valence-corrected chi connectivity index (χ2v) is 3.98. The molecule has 0 saturated heterocycles. The van der Waals surface area contributed by atoms with Gasteiger partial charge in [0.1, 0.15) is 6.04 Å². The minimum atomic E-state index is -0.782. The molecule has 0 aliphatic heterocycles. The van der Waals surface area contributed by atoms with Crippen LogP contribution < -0.4 is 16.8 Å². The largest absolute Gasteiger partial charge is 0.480 e. The normalized spacial score (nSPS) is 10.6. The van der Waals surface area contributed by atoms with Crippen LogP contribution in [-0.4, -0.2) is 36.8 Å². The SMILES string of the molecule is Cl.Cl.Cl.NCCCCCCN[C@@H](CCCN)C(=O)O. The van der Waals surface area contributed by atoms with Gasteiger partial charge in [0.2, 0.25) is 0 Å². The van der Waals surface area contributed by atoms with E-state index in [4.69, 9.17) is 16.6 Å². The van der Waals surface area contributed by atoms with Crippen LogP contribution in [0.4, 0.5) is 0 Å². The average molecular weight is 341 g/mol. The van der Waals surface area contributed by atoms with E-state index in [-0.39, 0.29) is 37.2 Å². The van der Waals surface area contributed by atoms with Gasteiger partial charge in [0.15, 0.2) is 0 Å².